The van der Waals surface area contributed by atoms with Gasteiger partial charge in [-0.05, 0) is 13.5 Å². The Labute approximate surface area is 158 Å². The first kappa shape index (κ1) is 25.7. The second-order valence-electron chi connectivity index (χ2n) is 6.98. The van der Waals surface area contributed by atoms with Crippen LogP contribution in [0.15, 0.2) is 0 Å². The maximum Gasteiger partial charge on any atom is 0.136 e. The predicted molar refractivity (Wildman–Crippen MR) is 102 cm³/mol. The zero-order chi connectivity index (χ0) is 19.8. The van der Waals surface area contributed by atoms with E-state index in [2.05, 4.69) is 12.2 Å². The van der Waals surface area contributed by atoms with Crippen LogP contribution in [0.3, 0.4) is 0 Å². The highest BCUT2D eigenvalue weighted by Gasteiger charge is 2.34. The van der Waals surface area contributed by atoms with Crippen LogP contribution >= 0.6 is 0 Å². The Morgan fingerprint density at radius 3 is 1.69 bits per heavy atom. The molecule has 0 rings (SSSR count). The molecular formula is C19H41NO6. The van der Waals surface area contributed by atoms with Crippen LogP contribution in [0, 0.1) is 0 Å². The standard InChI is InChI=1S/C19H41NO6/c1-3-4-5-6-7-8-9-10-11-12-13-26-19(20-2)18(25)17(24)16(23)15(22)14-21/h15-25H,3-14H2,1-2H3/t15-,16-,17+,18-,19?/m1/s1. The van der Waals surface area contributed by atoms with E-state index >= 15 is 0 Å². The summed E-state index contributed by atoms with van der Waals surface area (Å²) in [7, 11) is 1.58. The average molecular weight is 380 g/mol. The molecule has 0 aromatic heterocycles. The molecule has 0 saturated heterocycles. The van der Waals surface area contributed by atoms with Crippen molar-refractivity contribution in [1.82, 2.24) is 5.32 Å². The first-order valence-electron chi connectivity index (χ1n) is 10.1. The van der Waals surface area contributed by atoms with Gasteiger partial charge in [0.25, 0.3) is 0 Å². The quantitative estimate of drug-likeness (QED) is 0.155. The third kappa shape index (κ3) is 11.4. The first-order valence-corrected chi connectivity index (χ1v) is 10.1. The van der Waals surface area contributed by atoms with E-state index in [-0.39, 0.29) is 0 Å². The number of unbranched alkanes of at least 4 members (excludes halogenated alkanes) is 9. The van der Waals surface area contributed by atoms with Crippen molar-refractivity contribution in [3.8, 4) is 0 Å². The summed E-state index contributed by atoms with van der Waals surface area (Å²) in [4.78, 5) is 0. The molecule has 0 aromatic rings. The van der Waals surface area contributed by atoms with E-state index in [9.17, 15) is 20.4 Å². The summed E-state index contributed by atoms with van der Waals surface area (Å²) in [5.41, 5.74) is 0. The molecule has 0 radical (unpaired) electrons. The van der Waals surface area contributed by atoms with Crippen LogP contribution in [-0.2, 0) is 4.74 Å². The maximum absolute atomic E-state index is 10.1. The molecule has 0 amide bonds. The van der Waals surface area contributed by atoms with Gasteiger partial charge in [-0.3, -0.25) is 5.32 Å². The number of aliphatic hydroxyl groups is 5. The molecule has 0 aliphatic heterocycles. The molecule has 0 heterocycles. The lowest BCUT2D eigenvalue weighted by molar-refractivity contribution is -0.156. The second kappa shape index (κ2) is 16.9. The van der Waals surface area contributed by atoms with Crippen molar-refractivity contribution in [1.29, 1.82) is 0 Å². The number of rotatable bonds is 18. The van der Waals surface area contributed by atoms with Crippen LogP contribution in [0.25, 0.3) is 0 Å². The van der Waals surface area contributed by atoms with Gasteiger partial charge in [0.15, 0.2) is 0 Å². The van der Waals surface area contributed by atoms with Gasteiger partial charge in [0.2, 0.25) is 0 Å². The molecule has 158 valence electrons. The van der Waals surface area contributed by atoms with Crippen molar-refractivity contribution in [2.75, 3.05) is 20.3 Å². The smallest absolute Gasteiger partial charge is 0.136 e. The molecule has 0 bridgehead atoms. The highest BCUT2D eigenvalue weighted by Crippen LogP contribution is 2.12. The Balaban J connectivity index is 3.81. The van der Waals surface area contributed by atoms with E-state index in [0.717, 1.165) is 19.3 Å². The summed E-state index contributed by atoms with van der Waals surface area (Å²) in [6.45, 7) is 1.96. The molecule has 0 fully saturated rings. The maximum atomic E-state index is 10.1. The van der Waals surface area contributed by atoms with Crippen LogP contribution in [0.2, 0.25) is 0 Å². The molecule has 0 saturated carbocycles. The van der Waals surface area contributed by atoms with Crippen molar-refractivity contribution >= 4 is 0 Å². The van der Waals surface area contributed by atoms with E-state index < -0.39 is 37.3 Å². The molecule has 7 nitrogen and oxygen atoms in total. The van der Waals surface area contributed by atoms with E-state index in [1.54, 1.807) is 7.05 Å². The summed E-state index contributed by atoms with van der Waals surface area (Å²) < 4.78 is 5.53. The molecule has 5 atom stereocenters. The zero-order valence-electron chi connectivity index (χ0n) is 16.5. The highest BCUT2D eigenvalue weighted by molar-refractivity contribution is 4.84. The van der Waals surface area contributed by atoms with Gasteiger partial charge in [0, 0.05) is 6.61 Å². The van der Waals surface area contributed by atoms with Crippen molar-refractivity contribution in [2.24, 2.45) is 0 Å². The predicted octanol–water partition coefficient (Wildman–Crippen LogP) is 0.905. The Morgan fingerprint density at radius 2 is 1.23 bits per heavy atom. The van der Waals surface area contributed by atoms with Crippen LogP contribution in [0.1, 0.15) is 71.1 Å². The average Bonchev–Trinajstić information content (AvgIpc) is 2.66. The summed E-state index contributed by atoms with van der Waals surface area (Å²) in [5.74, 6) is 0. The summed E-state index contributed by atoms with van der Waals surface area (Å²) in [6, 6.07) is 0. The zero-order valence-corrected chi connectivity index (χ0v) is 16.5. The number of nitrogens with one attached hydrogen (secondary N) is 1. The van der Waals surface area contributed by atoms with Crippen LogP contribution in [0.5, 0.6) is 0 Å². The molecule has 7 heteroatoms. The number of ether oxygens (including phenoxy) is 1. The largest absolute Gasteiger partial charge is 0.394 e. The molecule has 0 aliphatic carbocycles. The minimum Gasteiger partial charge on any atom is -0.394 e. The second-order valence-corrected chi connectivity index (χ2v) is 6.98. The van der Waals surface area contributed by atoms with E-state index in [4.69, 9.17) is 9.84 Å². The summed E-state index contributed by atoms with van der Waals surface area (Å²) in [6.07, 6.45) is 5.12. The lowest BCUT2D eigenvalue weighted by Gasteiger charge is -2.30. The minimum absolute atomic E-state index is 0.435. The minimum atomic E-state index is -1.65. The van der Waals surface area contributed by atoms with Gasteiger partial charge < -0.3 is 30.3 Å². The van der Waals surface area contributed by atoms with Gasteiger partial charge in [-0.2, -0.15) is 0 Å². The fraction of sp³-hybridized carbons (Fsp3) is 1.00. The molecular weight excluding hydrogens is 338 g/mol. The van der Waals surface area contributed by atoms with Gasteiger partial charge in [0.1, 0.15) is 30.6 Å². The Bertz CT molecular complexity index is 308. The van der Waals surface area contributed by atoms with Gasteiger partial charge in [-0.15, -0.1) is 0 Å². The van der Waals surface area contributed by atoms with Crippen LogP contribution < -0.4 is 5.32 Å². The molecule has 0 aliphatic rings. The fourth-order valence-corrected chi connectivity index (χ4v) is 2.87. The lowest BCUT2D eigenvalue weighted by atomic mass is 10.0. The lowest BCUT2D eigenvalue weighted by Crippen LogP contribution is -2.54. The van der Waals surface area contributed by atoms with Gasteiger partial charge in [0.05, 0.1) is 6.61 Å². The molecule has 1 unspecified atom stereocenters. The number of hydrogen-bond donors (Lipinski definition) is 6. The normalized spacial score (nSPS) is 17.7. The van der Waals surface area contributed by atoms with E-state index in [0.29, 0.717) is 6.61 Å². The third-order valence-electron chi connectivity index (χ3n) is 4.67. The van der Waals surface area contributed by atoms with E-state index in [1.807, 2.05) is 0 Å². The number of hydrogen-bond acceptors (Lipinski definition) is 7. The summed E-state index contributed by atoms with van der Waals surface area (Å²) >= 11 is 0. The SMILES string of the molecule is CCCCCCCCCCCCOC(NC)[C@H](O)[C@@H](O)[C@H](O)[C@H](O)CO. The van der Waals surface area contributed by atoms with Crippen LogP contribution in [-0.4, -0.2) is 76.4 Å². The van der Waals surface area contributed by atoms with Crippen LogP contribution in [0.4, 0.5) is 0 Å². The van der Waals surface area contributed by atoms with Gasteiger partial charge in [-0.1, -0.05) is 64.7 Å². The highest BCUT2D eigenvalue weighted by atomic mass is 16.5. The third-order valence-corrected chi connectivity index (χ3v) is 4.67. The van der Waals surface area contributed by atoms with Gasteiger partial charge in [-0.25, -0.2) is 0 Å². The number of aliphatic hydroxyl groups excluding tert-OH is 5. The molecule has 6 N–H and O–H groups in total. The Morgan fingerprint density at radius 1 is 0.731 bits per heavy atom. The Hall–Kier alpha value is -0.280. The molecule has 0 spiro atoms. The molecule has 26 heavy (non-hydrogen) atoms. The fourth-order valence-electron chi connectivity index (χ4n) is 2.87. The first-order chi connectivity index (χ1) is 12.5. The monoisotopic (exact) mass is 379 g/mol. The van der Waals surface area contributed by atoms with E-state index in [1.165, 1.54) is 44.9 Å². The van der Waals surface area contributed by atoms with Crippen molar-refractivity contribution in [2.45, 2.75) is 102 Å². The topological polar surface area (TPSA) is 122 Å². The Kier molecular flexibility index (Phi) is 16.7. The number of likely N-dealkylation sites (N-methyl/N-ethyl adjacent to an activating group) is 1. The van der Waals surface area contributed by atoms with Crippen molar-refractivity contribution in [3.05, 3.63) is 0 Å². The molecule has 0 aromatic carbocycles. The van der Waals surface area contributed by atoms with Crippen molar-refractivity contribution < 1.29 is 30.3 Å². The summed E-state index contributed by atoms with van der Waals surface area (Å²) in [5, 5.41) is 50.5. The van der Waals surface area contributed by atoms with Crippen molar-refractivity contribution in [3.63, 3.8) is 0 Å². The van der Waals surface area contributed by atoms with Gasteiger partial charge >= 0.3 is 0 Å².